The SMILES string of the molecule is CCNC(CC1OCCO1)c1cccnc1. The number of hydrogen-bond donors (Lipinski definition) is 1. The zero-order valence-corrected chi connectivity index (χ0v) is 9.56. The molecule has 1 aromatic heterocycles. The minimum absolute atomic E-state index is 0.0794. The number of ether oxygens (including phenoxy) is 2. The van der Waals surface area contributed by atoms with Gasteiger partial charge in [-0.15, -0.1) is 0 Å². The Bertz CT molecular complexity index is 299. The molecule has 0 bridgehead atoms. The molecule has 4 heteroatoms. The van der Waals surface area contributed by atoms with E-state index in [9.17, 15) is 0 Å². The van der Waals surface area contributed by atoms with Gasteiger partial charge in [-0.2, -0.15) is 0 Å². The van der Waals surface area contributed by atoms with Gasteiger partial charge in [-0.05, 0) is 18.2 Å². The lowest BCUT2D eigenvalue weighted by molar-refractivity contribution is -0.0529. The predicted molar refractivity (Wildman–Crippen MR) is 61.0 cm³/mol. The minimum atomic E-state index is -0.0794. The average molecular weight is 222 g/mol. The Morgan fingerprint density at radius 1 is 1.50 bits per heavy atom. The van der Waals surface area contributed by atoms with Crippen molar-refractivity contribution in [1.29, 1.82) is 0 Å². The first-order chi connectivity index (χ1) is 7.90. The van der Waals surface area contributed by atoms with E-state index in [1.807, 2.05) is 12.3 Å². The van der Waals surface area contributed by atoms with Crippen molar-refractivity contribution < 1.29 is 9.47 Å². The summed E-state index contributed by atoms with van der Waals surface area (Å²) < 4.78 is 10.9. The molecule has 1 fully saturated rings. The van der Waals surface area contributed by atoms with Crippen molar-refractivity contribution in [3.8, 4) is 0 Å². The van der Waals surface area contributed by atoms with E-state index in [1.54, 1.807) is 6.20 Å². The first-order valence-electron chi connectivity index (χ1n) is 5.76. The number of nitrogens with one attached hydrogen (secondary N) is 1. The van der Waals surface area contributed by atoms with Gasteiger partial charge in [0.05, 0.1) is 13.2 Å². The van der Waals surface area contributed by atoms with Crippen molar-refractivity contribution in [2.24, 2.45) is 0 Å². The third-order valence-corrected chi connectivity index (χ3v) is 2.66. The summed E-state index contributed by atoms with van der Waals surface area (Å²) >= 11 is 0. The normalized spacial score (nSPS) is 18.8. The summed E-state index contributed by atoms with van der Waals surface area (Å²) in [5.41, 5.74) is 1.18. The molecule has 88 valence electrons. The highest BCUT2D eigenvalue weighted by atomic mass is 16.7. The molecule has 2 rings (SSSR count). The van der Waals surface area contributed by atoms with Crippen LogP contribution in [0.4, 0.5) is 0 Å². The van der Waals surface area contributed by atoms with Crippen molar-refractivity contribution in [1.82, 2.24) is 10.3 Å². The van der Waals surface area contributed by atoms with Crippen molar-refractivity contribution >= 4 is 0 Å². The van der Waals surface area contributed by atoms with E-state index in [4.69, 9.17) is 9.47 Å². The Balaban J connectivity index is 1.99. The highest BCUT2D eigenvalue weighted by Crippen LogP contribution is 2.21. The maximum absolute atomic E-state index is 5.47. The molecule has 1 aliphatic heterocycles. The van der Waals surface area contributed by atoms with Gasteiger partial charge in [0.25, 0.3) is 0 Å². The maximum Gasteiger partial charge on any atom is 0.159 e. The van der Waals surface area contributed by atoms with Crippen LogP contribution in [0.15, 0.2) is 24.5 Å². The second kappa shape index (κ2) is 5.94. The van der Waals surface area contributed by atoms with Gasteiger partial charge in [0.1, 0.15) is 0 Å². The van der Waals surface area contributed by atoms with Crippen molar-refractivity contribution in [3.05, 3.63) is 30.1 Å². The van der Waals surface area contributed by atoms with Gasteiger partial charge in [0.15, 0.2) is 6.29 Å². The molecule has 1 N–H and O–H groups in total. The number of aromatic nitrogens is 1. The van der Waals surface area contributed by atoms with E-state index in [0.717, 1.165) is 13.0 Å². The molecule has 0 radical (unpaired) electrons. The highest BCUT2D eigenvalue weighted by Gasteiger charge is 2.21. The van der Waals surface area contributed by atoms with E-state index in [2.05, 4.69) is 23.3 Å². The first kappa shape index (κ1) is 11.5. The van der Waals surface area contributed by atoms with Crippen LogP contribution < -0.4 is 5.32 Å². The zero-order chi connectivity index (χ0) is 11.2. The van der Waals surface area contributed by atoms with Crippen molar-refractivity contribution in [2.75, 3.05) is 19.8 Å². The molecule has 0 amide bonds. The summed E-state index contributed by atoms with van der Waals surface area (Å²) in [6.07, 6.45) is 4.43. The van der Waals surface area contributed by atoms with Gasteiger partial charge in [-0.3, -0.25) is 4.98 Å². The lowest BCUT2D eigenvalue weighted by Crippen LogP contribution is -2.26. The van der Waals surface area contributed by atoms with Crippen LogP contribution in [0.1, 0.15) is 24.9 Å². The third kappa shape index (κ3) is 3.01. The Kier molecular flexibility index (Phi) is 4.27. The van der Waals surface area contributed by atoms with E-state index in [-0.39, 0.29) is 12.3 Å². The fourth-order valence-electron chi connectivity index (χ4n) is 1.90. The lowest BCUT2D eigenvalue weighted by atomic mass is 10.1. The molecule has 1 aliphatic rings. The summed E-state index contributed by atoms with van der Waals surface area (Å²) in [5.74, 6) is 0. The molecule has 0 aliphatic carbocycles. The van der Waals surface area contributed by atoms with E-state index in [1.165, 1.54) is 5.56 Å². The highest BCUT2D eigenvalue weighted by molar-refractivity contribution is 5.13. The van der Waals surface area contributed by atoms with Gasteiger partial charge in [-0.1, -0.05) is 13.0 Å². The molecule has 2 heterocycles. The van der Waals surface area contributed by atoms with Crippen LogP contribution >= 0.6 is 0 Å². The summed E-state index contributed by atoms with van der Waals surface area (Å²) in [4.78, 5) is 4.14. The fraction of sp³-hybridized carbons (Fsp3) is 0.583. The second-order valence-corrected chi connectivity index (χ2v) is 3.80. The Morgan fingerprint density at radius 2 is 2.31 bits per heavy atom. The van der Waals surface area contributed by atoms with Crippen LogP contribution in [-0.2, 0) is 9.47 Å². The third-order valence-electron chi connectivity index (χ3n) is 2.66. The predicted octanol–water partition coefficient (Wildman–Crippen LogP) is 1.50. The summed E-state index contributed by atoms with van der Waals surface area (Å²) in [5, 5.41) is 3.43. The average Bonchev–Trinajstić information content (AvgIpc) is 2.83. The Labute approximate surface area is 96.0 Å². The van der Waals surface area contributed by atoms with Crippen LogP contribution in [0.5, 0.6) is 0 Å². The second-order valence-electron chi connectivity index (χ2n) is 3.80. The van der Waals surface area contributed by atoms with Crippen LogP contribution in [0.25, 0.3) is 0 Å². The molecule has 1 aromatic rings. The number of nitrogens with zero attached hydrogens (tertiary/aromatic N) is 1. The van der Waals surface area contributed by atoms with Crippen LogP contribution in [-0.4, -0.2) is 31.0 Å². The summed E-state index contributed by atoms with van der Waals surface area (Å²) in [7, 11) is 0. The smallest absolute Gasteiger partial charge is 0.159 e. The molecule has 0 spiro atoms. The maximum atomic E-state index is 5.47. The largest absolute Gasteiger partial charge is 0.350 e. The number of rotatable bonds is 5. The zero-order valence-electron chi connectivity index (χ0n) is 9.56. The molecule has 1 saturated heterocycles. The fourth-order valence-corrected chi connectivity index (χ4v) is 1.90. The van der Waals surface area contributed by atoms with Gasteiger partial charge < -0.3 is 14.8 Å². The molecule has 0 aromatic carbocycles. The van der Waals surface area contributed by atoms with Crippen LogP contribution in [0.2, 0.25) is 0 Å². The lowest BCUT2D eigenvalue weighted by Gasteiger charge is -2.20. The molecule has 16 heavy (non-hydrogen) atoms. The monoisotopic (exact) mass is 222 g/mol. The molecule has 0 saturated carbocycles. The van der Waals surface area contributed by atoms with Crippen LogP contribution in [0, 0.1) is 0 Å². The topological polar surface area (TPSA) is 43.4 Å². The van der Waals surface area contributed by atoms with Gasteiger partial charge in [-0.25, -0.2) is 0 Å². The molecule has 1 atom stereocenters. The molecular weight excluding hydrogens is 204 g/mol. The molecular formula is C12H18N2O2. The van der Waals surface area contributed by atoms with Gasteiger partial charge in [0.2, 0.25) is 0 Å². The standard InChI is InChI=1S/C12H18N2O2/c1-2-14-11(8-12-15-6-7-16-12)10-4-3-5-13-9-10/h3-5,9,11-12,14H,2,6-8H2,1H3. The number of pyridine rings is 1. The van der Waals surface area contributed by atoms with Crippen molar-refractivity contribution in [2.45, 2.75) is 25.7 Å². The molecule has 4 nitrogen and oxygen atoms in total. The van der Waals surface area contributed by atoms with E-state index < -0.39 is 0 Å². The Hall–Kier alpha value is -0.970. The van der Waals surface area contributed by atoms with E-state index >= 15 is 0 Å². The van der Waals surface area contributed by atoms with E-state index in [0.29, 0.717) is 13.2 Å². The minimum Gasteiger partial charge on any atom is -0.350 e. The van der Waals surface area contributed by atoms with Gasteiger partial charge >= 0.3 is 0 Å². The summed E-state index contributed by atoms with van der Waals surface area (Å²) in [6.45, 7) is 4.43. The molecule has 1 unspecified atom stereocenters. The number of hydrogen-bond acceptors (Lipinski definition) is 4. The van der Waals surface area contributed by atoms with Crippen LogP contribution in [0.3, 0.4) is 0 Å². The van der Waals surface area contributed by atoms with Gasteiger partial charge in [0, 0.05) is 24.9 Å². The Morgan fingerprint density at radius 3 is 2.94 bits per heavy atom. The quantitative estimate of drug-likeness (QED) is 0.819. The first-order valence-corrected chi connectivity index (χ1v) is 5.76. The van der Waals surface area contributed by atoms with Crippen molar-refractivity contribution in [3.63, 3.8) is 0 Å². The summed E-state index contributed by atoms with van der Waals surface area (Å²) in [6, 6.07) is 4.28.